The molecule has 0 aliphatic heterocycles. The number of ether oxygens (including phenoxy) is 1. The molecule has 1 aliphatic rings. The fourth-order valence-corrected chi connectivity index (χ4v) is 1.13. The molecule has 0 heterocycles. The minimum Gasteiger partial charge on any atom is -0.444 e. The van der Waals surface area contributed by atoms with Crippen molar-refractivity contribution in [1.82, 2.24) is 5.32 Å². The van der Waals surface area contributed by atoms with Crippen LogP contribution in [-0.2, 0) is 4.74 Å². The quantitative estimate of drug-likeness (QED) is 0.564. The van der Waals surface area contributed by atoms with Crippen molar-refractivity contribution >= 4 is 19.7 Å². The number of nitrogens with one attached hydrogen (secondary N) is 2. The first-order valence-corrected chi connectivity index (χ1v) is 5.33. The molecule has 0 spiro atoms. The summed E-state index contributed by atoms with van der Waals surface area (Å²) >= 11 is 0. The van der Waals surface area contributed by atoms with Gasteiger partial charge < -0.3 is 10.1 Å². The first-order chi connectivity index (χ1) is 7.29. The Balaban J connectivity index is 2.39. The van der Waals surface area contributed by atoms with Gasteiger partial charge in [0.15, 0.2) is 0 Å². The summed E-state index contributed by atoms with van der Waals surface area (Å²) < 4.78 is 5.02. The molecule has 86 valence electrons. The van der Waals surface area contributed by atoms with Gasteiger partial charge in [0.1, 0.15) is 13.4 Å². The van der Waals surface area contributed by atoms with E-state index >= 15 is 0 Å². The van der Waals surface area contributed by atoms with Crippen LogP contribution in [0.2, 0.25) is 0 Å². The van der Waals surface area contributed by atoms with E-state index < -0.39 is 11.7 Å². The second-order valence-electron chi connectivity index (χ2n) is 4.93. The first kappa shape index (κ1) is 12.8. The highest BCUT2D eigenvalue weighted by atomic mass is 16.6. The van der Waals surface area contributed by atoms with Crippen LogP contribution < -0.4 is 5.32 Å². The molecular formula is C11H17BN2O2. The predicted molar refractivity (Wildman–Crippen MR) is 63.7 cm³/mol. The van der Waals surface area contributed by atoms with Crippen molar-refractivity contribution in [3.05, 3.63) is 11.7 Å². The van der Waals surface area contributed by atoms with E-state index in [0.29, 0.717) is 11.2 Å². The number of alkyl carbamates (subject to hydrolysis) is 1. The molecule has 4 nitrogen and oxygen atoms in total. The number of carbonyl (C=O) groups excluding carboxylic acids is 1. The topological polar surface area (TPSA) is 62.2 Å². The van der Waals surface area contributed by atoms with Crippen LogP contribution in [0.25, 0.3) is 0 Å². The molecule has 0 saturated heterocycles. The van der Waals surface area contributed by atoms with Crippen molar-refractivity contribution in [2.75, 3.05) is 0 Å². The number of hydrogen-bond donors (Lipinski definition) is 2. The molecule has 0 unspecified atom stereocenters. The van der Waals surface area contributed by atoms with E-state index in [1.807, 2.05) is 0 Å². The summed E-state index contributed by atoms with van der Waals surface area (Å²) in [6, 6.07) is 0. The smallest absolute Gasteiger partial charge is 0.411 e. The van der Waals surface area contributed by atoms with Crippen LogP contribution in [0.5, 0.6) is 0 Å². The van der Waals surface area contributed by atoms with Crippen LogP contribution in [0, 0.1) is 11.3 Å². The second kappa shape index (κ2) is 4.72. The highest BCUT2D eigenvalue weighted by Gasteiger charge is 2.26. The summed E-state index contributed by atoms with van der Waals surface area (Å²) in [6.45, 7) is 5.35. The third-order valence-corrected chi connectivity index (χ3v) is 2.04. The van der Waals surface area contributed by atoms with Gasteiger partial charge >= 0.3 is 6.09 Å². The Morgan fingerprint density at radius 1 is 1.50 bits per heavy atom. The van der Waals surface area contributed by atoms with Crippen molar-refractivity contribution in [3.8, 4) is 0 Å². The van der Waals surface area contributed by atoms with E-state index in [1.165, 1.54) is 6.20 Å². The molecule has 2 N–H and O–H groups in total. The molecule has 1 saturated carbocycles. The Labute approximate surface area is 97.4 Å². The van der Waals surface area contributed by atoms with Gasteiger partial charge in [-0.05, 0) is 39.5 Å². The Bertz CT molecular complexity index is 327. The summed E-state index contributed by atoms with van der Waals surface area (Å²) in [5.74, 6) is 0.275. The molecule has 1 amide bonds. The first-order valence-electron chi connectivity index (χ1n) is 5.33. The Kier molecular flexibility index (Phi) is 3.78. The van der Waals surface area contributed by atoms with Crippen LogP contribution in [0.1, 0.15) is 33.6 Å². The molecule has 0 aromatic carbocycles. The van der Waals surface area contributed by atoms with E-state index in [2.05, 4.69) is 5.32 Å². The van der Waals surface area contributed by atoms with Crippen molar-refractivity contribution in [3.63, 3.8) is 0 Å². The molecule has 0 atom stereocenters. The molecule has 1 fully saturated rings. The van der Waals surface area contributed by atoms with Crippen molar-refractivity contribution < 1.29 is 9.53 Å². The summed E-state index contributed by atoms with van der Waals surface area (Å²) in [4.78, 5) is 11.3. The fraction of sp³-hybridized carbons (Fsp3) is 0.636. The van der Waals surface area contributed by atoms with Gasteiger partial charge in [-0.2, -0.15) is 0 Å². The van der Waals surface area contributed by atoms with Crippen LogP contribution in [0.3, 0.4) is 0 Å². The summed E-state index contributed by atoms with van der Waals surface area (Å²) in [5.41, 5.74) is 0.167. The number of hydrogen-bond acceptors (Lipinski definition) is 3. The molecule has 2 radical (unpaired) electrons. The predicted octanol–water partition coefficient (Wildman–Crippen LogP) is 1.95. The molecule has 0 aromatic heterocycles. The normalized spacial score (nSPS) is 16.8. The maximum atomic E-state index is 11.3. The van der Waals surface area contributed by atoms with E-state index in [9.17, 15) is 4.79 Å². The Morgan fingerprint density at radius 2 is 2.06 bits per heavy atom. The maximum Gasteiger partial charge on any atom is 0.411 e. The van der Waals surface area contributed by atoms with Gasteiger partial charge in [0.25, 0.3) is 0 Å². The van der Waals surface area contributed by atoms with E-state index in [1.54, 1.807) is 20.8 Å². The van der Waals surface area contributed by atoms with Gasteiger partial charge in [0, 0.05) is 11.9 Å². The molecular weight excluding hydrogens is 203 g/mol. The zero-order valence-electron chi connectivity index (χ0n) is 9.96. The van der Waals surface area contributed by atoms with Crippen LogP contribution in [-0.4, -0.2) is 25.3 Å². The monoisotopic (exact) mass is 220 g/mol. The minimum absolute atomic E-state index is 0.275. The van der Waals surface area contributed by atoms with Gasteiger partial charge in [-0.15, -0.1) is 0 Å². The van der Waals surface area contributed by atoms with Gasteiger partial charge in [0.05, 0.1) is 0 Å². The third kappa shape index (κ3) is 4.51. The van der Waals surface area contributed by atoms with Crippen LogP contribution >= 0.6 is 0 Å². The van der Waals surface area contributed by atoms with Gasteiger partial charge in [0.2, 0.25) is 0 Å². The van der Waals surface area contributed by atoms with Crippen LogP contribution in [0.4, 0.5) is 4.79 Å². The number of amides is 1. The van der Waals surface area contributed by atoms with Gasteiger partial charge in [-0.3, -0.25) is 5.32 Å². The van der Waals surface area contributed by atoms with Crippen molar-refractivity contribution in [1.29, 1.82) is 5.41 Å². The maximum absolute atomic E-state index is 11.3. The summed E-state index contributed by atoms with van der Waals surface area (Å²) in [7, 11) is 5.64. The zero-order chi connectivity index (χ0) is 12.3. The lowest BCUT2D eigenvalue weighted by Crippen LogP contribution is -2.30. The molecule has 0 aromatic rings. The van der Waals surface area contributed by atoms with Crippen molar-refractivity contribution in [2.45, 2.75) is 39.2 Å². The number of allylic oxidation sites excluding steroid dienone is 1. The van der Waals surface area contributed by atoms with Gasteiger partial charge in [-0.25, -0.2) is 4.79 Å². The lowest BCUT2D eigenvalue weighted by atomic mass is 9.89. The number of carbonyl (C=O) groups is 1. The largest absolute Gasteiger partial charge is 0.444 e. The van der Waals surface area contributed by atoms with E-state index in [-0.39, 0.29) is 5.92 Å². The molecule has 16 heavy (non-hydrogen) atoms. The highest BCUT2D eigenvalue weighted by Crippen LogP contribution is 2.31. The summed E-state index contributed by atoms with van der Waals surface area (Å²) in [6.07, 6.45) is 2.80. The minimum atomic E-state index is -0.556. The molecule has 1 rings (SSSR count). The van der Waals surface area contributed by atoms with E-state index in [0.717, 1.165) is 12.8 Å². The fourth-order valence-electron chi connectivity index (χ4n) is 1.13. The molecule has 0 bridgehead atoms. The van der Waals surface area contributed by atoms with Gasteiger partial charge in [-0.1, -0.05) is 5.47 Å². The Morgan fingerprint density at radius 3 is 2.50 bits per heavy atom. The standard InChI is InChI=1S/C11H17BN2O2/c1-11(2,3)16-10(15)14-6-8(12)9(13)7-4-5-7/h6-7,13H,4-5H2,1-3H3,(H,14,15)/b8-6+,13-9?. The molecule has 1 aliphatic carbocycles. The van der Waals surface area contributed by atoms with Crippen LogP contribution in [0.15, 0.2) is 11.7 Å². The SMILES string of the molecule is [B]/C(=C/NC(=O)OC(C)(C)C)C(=N)C1CC1. The number of rotatable bonds is 3. The summed E-state index contributed by atoms with van der Waals surface area (Å²) in [5, 5.41) is 10.1. The second-order valence-corrected chi connectivity index (χ2v) is 4.93. The average molecular weight is 220 g/mol. The lowest BCUT2D eigenvalue weighted by molar-refractivity contribution is 0.0552. The molecule has 5 heteroatoms. The van der Waals surface area contributed by atoms with E-state index in [4.69, 9.17) is 18.0 Å². The Hall–Kier alpha value is -1.26. The zero-order valence-corrected chi connectivity index (χ0v) is 9.96. The lowest BCUT2D eigenvalue weighted by Gasteiger charge is -2.19. The highest BCUT2D eigenvalue weighted by molar-refractivity contribution is 6.38. The van der Waals surface area contributed by atoms with Crippen molar-refractivity contribution in [2.24, 2.45) is 5.92 Å². The average Bonchev–Trinajstić information content (AvgIpc) is 2.93. The third-order valence-electron chi connectivity index (χ3n) is 2.04.